The van der Waals surface area contributed by atoms with E-state index in [4.69, 9.17) is 0 Å². The maximum absolute atomic E-state index is 14.3. The van der Waals surface area contributed by atoms with Crippen LogP contribution < -0.4 is 30.7 Å². The molecule has 0 aliphatic carbocycles. The molecule has 2 saturated heterocycles. The van der Waals surface area contributed by atoms with Crippen LogP contribution in [-0.2, 0) is 61.7 Å². The zero-order valence-electron chi connectivity index (χ0n) is 49.3. The third-order valence-corrected chi connectivity index (χ3v) is 18.4. The molecule has 22 heteroatoms. The van der Waals surface area contributed by atoms with Crippen LogP contribution in [0.1, 0.15) is 92.2 Å². The Morgan fingerprint density at radius 2 is 0.915 bits per heavy atom. The van der Waals surface area contributed by atoms with Crippen molar-refractivity contribution in [2.45, 2.75) is 140 Å². The van der Waals surface area contributed by atoms with Crippen molar-refractivity contribution in [3.8, 4) is 0 Å². The van der Waals surface area contributed by atoms with Crippen molar-refractivity contribution in [3.63, 3.8) is 0 Å². The van der Waals surface area contributed by atoms with E-state index in [1.165, 1.54) is 36.4 Å². The molecule has 0 aromatic heterocycles. The smallest absolute Gasteiger partial charge is 0.246 e. The summed E-state index contributed by atoms with van der Waals surface area (Å²) in [6.07, 6.45) is 3.49. The summed E-state index contributed by atoms with van der Waals surface area (Å²) in [7, 11) is -5.40. The number of nitrogens with one attached hydrogen (secondary N) is 6. The average molecular weight is 1170 g/mol. The third-order valence-electron chi connectivity index (χ3n) is 15.6. The Morgan fingerprint density at radius 1 is 0.549 bits per heavy atom. The summed E-state index contributed by atoms with van der Waals surface area (Å²) in [5.74, 6) is -2.17. The highest BCUT2D eigenvalue weighted by atomic mass is 32.2. The average Bonchev–Trinajstić information content (AvgIpc) is 4.25. The second-order valence-corrected chi connectivity index (χ2v) is 27.3. The molecule has 0 saturated carbocycles. The Morgan fingerprint density at radius 3 is 1.26 bits per heavy atom. The van der Waals surface area contributed by atoms with Crippen molar-refractivity contribution in [2.75, 3.05) is 66.5 Å². The number of likely N-dealkylation sites (N-methyl/N-ethyl adjacent to an activating group) is 2. The van der Waals surface area contributed by atoms with Gasteiger partial charge in [-0.2, -0.15) is 0 Å². The first-order chi connectivity index (χ1) is 38.6. The zero-order valence-corrected chi connectivity index (χ0v) is 50.9. The molecule has 6 amide bonds. The maximum atomic E-state index is 14.3. The van der Waals surface area contributed by atoms with Gasteiger partial charge in [-0.1, -0.05) is 114 Å². The fourth-order valence-electron chi connectivity index (χ4n) is 10.3. The van der Waals surface area contributed by atoms with Gasteiger partial charge < -0.3 is 40.9 Å². The summed E-state index contributed by atoms with van der Waals surface area (Å²) in [6.45, 7) is 15.1. The highest BCUT2D eigenvalue weighted by molar-refractivity contribution is 7.89. The van der Waals surface area contributed by atoms with E-state index in [1.54, 1.807) is 47.5 Å². The van der Waals surface area contributed by atoms with E-state index in [1.807, 2.05) is 102 Å². The molecule has 2 heterocycles. The minimum Gasteiger partial charge on any atom is -0.342 e. The molecule has 2 aliphatic heterocycles. The van der Waals surface area contributed by atoms with Gasteiger partial charge in [-0.05, 0) is 123 Å². The van der Waals surface area contributed by atoms with Crippen LogP contribution in [0.4, 0.5) is 0 Å². The number of hydrogen-bond acceptors (Lipinski definition) is 12. The summed E-state index contributed by atoms with van der Waals surface area (Å²) in [4.78, 5) is 89.2. The van der Waals surface area contributed by atoms with Crippen LogP contribution in [0.25, 0.3) is 10.8 Å². The van der Waals surface area contributed by atoms with Crippen molar-refractivity contribution < 1.29 is 45.6 Å². The molecule has 6 rings (SSSR count). The lowest BCUT2D eigenvalue weighted by atomic mass is 9.85. The lowest BCUT2D eigenvalue weighted by Gasteiger charge is -2.37. The summed E-state index contributed by atoms with van der Waals surface area (Å²) >= 11 is 0. The number of hydrogen-bond donors (Lipinski definition) is 6. The molecule has 4 aromatic carbocycles. The molecule has 0 spiro atoms. The molecule has 20 nitrogen and oxygen atoms in total. The van der Waals surface area contributed by atoms with E-state index in [0.29, 0.717) is 57.0 Å². The highest BCUT2D eigenvalue weighted by Crippen LogP contribution is 2.29. The van der Waals surface area contributed by atoms with Gasteiger partial charge >= 0.3 is 0 Å². The Labute approximate surface area is 485 Å². The molecular weight excluding hydrogens is 1080 g/mol. The number of nitrogens with zero attached hydrogens (tertiary/aromatic N) is 4. The van der Waals surface area contributed by atoms with E-state index in [9.17, 15) is 45.6 Å². The van der Waals surface area contributed by atoms with Crippen molar-refractivity contribution in [1.82, 2.24) is 50.3 Å². The first-order valence-corrected chi connectivity index (χ1v) is 31.3. The quantitative estimate of drug-likeness (QED) is 0.0525. The minimum absolute atomic E-state index is 0.132. The Bertz CT molecular complexity index is 2900. The van der Waals surface area contributed by atoms with Crippen molar-refractivity contribution in [1.29, 1.82) is 0 Å². The predicted molar refractivity (Wildman–Crippen MR) is 317 cm³/mol. The maximum Gasteiger partial charge on any atom is 0.246 e. The van der Waals surface area contributed by atoms with Crippen LogP contribution in [0, 0.1) is 10.8 Å². The van der Waals surface area contributed by atoms with Crippen LogP contribution in [0.5, 0.6) is 0 Å². The van der Waals surface area contributed by atoms with Gasteiger partial charge in [0.1, 0.15) is 12.1 Å². The largest absolute Gasteiger partial charge is 0.342 e. The first kappa shape index (κ1) is 64.9. The number of fused-ring (bicyclic) bond motifs is 1. The van der Waals surface area contributed by atoms with Crippen LogP contribution in [-0.4, -0.2) is 175 Å². The number of likely N-dealkylation sites (tertiary alicyclic amines) is 2. The number of rotatable bonds is 26. The molecule has 2 fully saturated rings. The summed E-state index contributed by atoms with van der Waals surface area (Å²) in [5.41, 5.74) is 0.660. The molecule has 0 unspecified atom stereocenters. The monoisotopic (exact) mass is 1170 g/mol. The van der Waals surface area contributed by atoms with Crippen LogP contribution in [0.15, 0.2) is 107 Å². The molecule has 82 heavy (non-hydrogen) atoms. The van der Waals surface area contributed by atoms with Crippen LogP contribution in [0.2, 0.25) is 0 Å². The third kappa shape index (κ3) is 17.4. The van der Waals surface area contributed by atoms with Crippen LogP contribution >= 0.6 is 0 Å². The van der Waals surface area contributed by atoms with Gasteiger partial charge in [-0.25, -0.2) is 26.3 Å². The Kier molecular flexibility index (Phi) is 22.4. The van der Waals surface area contributed by atoms with Gasteiger partial charge in [0.15, 0.2) is 0 Å². The van der Waals surface area contributed by atoms with Crippen molar-refractivity contribution in [2.24, 2.45) is 10.8 Å². The standard InChI is InChI=1S/C60H86N10O10S2/c1-41(61-9)55(73)65-53(59(3,4)5)57(75)69-31-17-23-47(69)39-67(33-29-43-19-13-11-14-20-43)51(71)37-63-81(77,78)49-27-25-45-26-28-50(36-46(45)35-49)82(79,80)64-38-52(72)68(34-30-44-21-15-12-16-22-44)40-48-24-18-32-70(48)58(76)54(60(6,7)8)66-56(74)42(2)62-10/h11-16,19-22,25-28,35-36,41-42,47-48,53-54,61-64H,17-18,23-24,29-34,37-40H2,1-10H3,(H,65,73)(H,66,74)/t41-,42-,47-,48-,53+,54+/m0/s1. The number of benzene rings is 4. The van der Waals surface area contributed by atoms with Gasteiger partial charge in [0.25, 0.3) is 0 Å². The Balaban J connectivity index is 1.15. The fraction of sp³-hybridized carbons (Fsp3) is 0.533. The van der Waals surface area contributed by atoms with Gasteiger partial charge in [-0.3, -0.25) is 28.8 Å². The second-order valence-electron chi connectivity index (χ2n) is 23.8. The molecule has 6 N–H and O–H groups in total. The van der Waals surface area contributed by atoms with Crippen LogP contribution in [0.3, 0.4) is 0 Å². The number of carbonyl (C=O) groups is 6. The van der Waals surface area contributed by atoms with Crippen molar-refractivity contribution >= 4 is 66.3 Å². The fourth-order valence-corrected chi connectivity index (χ4v) is 12.3. The lowest BCUT2D eigenvalue weighted by molar-refractivity contribution is -0.142. The van der Waals surface area contributed by atoms with E-state index in [0.717, 1.165) is 11.1 Å². The first-order valence-electron chi connectivity index (χ1n) is 28.4. The van der Waals surface area contributed by atoms with Gasteiger partial charge in [0, 0.05) is 51.4 Å². The zero-order chi connectivity index (χ0) is 60.2. The molecule has 6 atom stereocenters. The number of amides is 6. The Hall–Kier alpha value is -6.30. The number of carbonyl (C=O) groups excluding carboxylic acids is 6. The van der Waals surface area contributed by atoms with E-state index < -0.39 is 92.0 Å². The predicted octanol–water partition coefficient (Wildman–Crippen LogP) is 3.80. The van der Waals surface area contributed by atoms with E-state index >= 15 is 0 Å². The molecule has 2 aliphatic rings. The lowest BCUT2D eigenvalue weighted by Crippen LogP contribution is -2.59. The van der Waals surface area contributed by atoms with E-state index in [2.05, 4.69) is 30.7 Å². The summed E-state index contributed by atoms with van der Waals surface area (Å²) in [6, 6.07) is 24.0. The molecule has 0 radical (unpaired) electrons. The number of sulfonamides is 2. The van der Waals surface area contributed by atoms with Gasteiger partial charge in [-0.15, -0.1) is 0 Å². The molecule has 4 aromatic rings. The minimum atomic E-state index is -4.36. The topological polar surface area (TPSA) is 256 Å². The van der Waals surface area contributed by atoms with Gasteiger partial charge in [0.2, 0.25) is 55.5 Å². The summed E-state index contributed by atoms with van der Waals surface area (Å²) < 4.78 is 61.0. The normalized spacial score (nSPS) is 17.4. The second kappa shape index (κ2) is 28.3. The SMILES string of the molecule is CN[C@@H](C)C(=O)N[C@H](C(=O)N1CCC[C@H]1CN(CCc1ccccc1)C(=O)CNS(=O)(=O)c1ccc2ccc(S(=O)(=O)NCC(=O)N(CCc3ccccc3)C[C@@H]3CCCN3C(=O)[C@@H](NC(=O)[C@H](C)NC)C(C)(C)C)cc2c1)C(C)(C)C. The van der Waals surface area contributed by atoms with E-state index in [-0.39, 0.29) is 65.0 Å². The molecule has 448 valence electrons. The van der Waals surface area contributed by atoms with Gasteiger partial charge in [0.05, 0.1) is 35.0 Å². The molecule has 0 bridgehead atoms. The summed E-state index contributed by atoms with van der Waals surface area (Å²) in [5, 5.41) is 12.5. The van der Waals surface area contributed by atoms with Crippen molar-refractivity contribution in [3.05, 3.63) is 108 Å². The molecular formula is C60H86N10O10S2. The highest BCUT2D eigenvalue weighted by Gasteiger charge is 2.43.